The lowest BCUT2D eigenvalue weighted by Crippen LogP contribution is -2.75. The number of fused-ring (bicyclic) bond motifs is 3. The zero-order chi connectivity index (χ0) is 32.5. The Balaban J connectivity index is 1.47. The highest BCUT2D eigenvalue weighted by Gasteiger charge is 2.43. The monoisotopic (exact) mass is 627 g/mol. The average Bonchev–Trinajstić information content (AvgIpc) is 3.50. The Morgan fingerprint density at radius 3 is 1.69 bits per heavy atom. The summed E-state index contributed by atoms with van der Waals surface area (Å²) in [7, 11) is -2.89. The first-order valence-electron chi connectivity index (χ1n) is 16.0. The Kier molecular flexibility index (Phi) is 7.27. The molecule has 0 aliphatic heterocycles. The van der Waals surface area contributed by atoms with Crippen LogP contribution in [0.3, 0.4) is 0 Å². The predicted molar refractivity (Wildman–Crippen MR) is 201 cm³/mol. The summed E-state index contributed by atoms with van der Waals surface area (Å²) in [5, 5.41) is 18.2. The third-order valence-corrected chi connectivity index (χ3v) is 14.3. The van der Waals surface area contributed by atoms with Gasteiger partial charge in [0, 0.05) is 10.9 Å². The summed E-state index contributed by atoms with van der Waals surface area (Å²) >= 11 is 0. The number of benzene rings is 7. The molecule has 0 N–H and O–H groups in total. The van der Waals surface area contributed by atoms with Crippen LogP contribution < -0.4 is 20.7 Å². The van der Waals surface area contributed by atoms with E-state index in [4.69, 9.17) is 6.57 Å². The summed E-state index contributed by atoms with van der Waals surface area (Å²) in [4.78, 5) is 3.70. The van der Waals surface area contributed by atoms with E-state index in [1.807, 2.05) is 36.4 Å². The van der Waals surface area contributed by atoms with E-state index in [1.54, 1.807) is 0 Å². The molecule has 0 aliphatic carbocycles. The second-order valence-corrected chi connectivity index (χ2v) is 15.6. The van der Waals surface area contributed by atoms with Crippen LogP contribution in [0.5, 0.6) is 0 Å². The minimum absolute atomic E-state index is 0.595. The number of nitrogens with zero attached hydrogens (tertiary/aromatic N) is 3. The molecule has 0 aliphatic rings. The van der Waals surface area contributed by atoms with Crippen LogP contribution in [-0.2, 0) is 0 Å². The van der Waals surface area contributed by atoms with E-state index in [9.17, 15) is 5.26 Å². The standard InChI is InChI=1S/C44H29N3Si/c1-46-32-28-29-43-39(30-32)37-22-11-13-25-41(37)47(43)42-26-15-24-36(40(42)31-45)38-23-12-14-27-44(38)48(33-16-5-2-6-17-33,34-18-7-3-8-19-34)35-20-9-4-10-21-35/h2-30H. The first kappa shape index (κ1) is 29.0. The normalized spacial score (nSPS) is 11.3. The lowest BCUT2D eigenvalue weighted by Gasteiger charge is -2.36. The Morgan fingerprint density at radius 1 is 0.521 bits per heavy atom. The maximum Gasteiger partial charge on any atom is 0.188 e. The summed E-state index contributed by atoms with van der Waals surface area (Å²) < 4.78 is 2.18. The van der Waals surface area contributed by atoms with E-state index >= 15 is 0 Å². The molecular weight excluding hydrogens is 599 g/mol. The Bertz CT molecular complexity index is 2430. The van der Waals surface area contributed by atoms with Crippen molar-refractivity contribution in [3.8, 4) is 22.9 Å². The SMILES string of the molecule is [C-]#[N+]c1ccc2c(c1)c1ccccc1n2-c1cccc(-c2ccccc2[Si](c2ccccc2)(c2ccccc2)c2ccccc2)c1C#N. The summed E-state index contributed by atoms with van der Waals surface area (Å²) in [6.45, 7) is 7.62. The zero-order valence-electron chi connectivity index (χ0n) is 26.1. The smallest absolute Gasteiger partial charge is 0.188 e. The van der Waals surface area contributed by atoms with E-state index in [0.29, 0.717) is 11.3 Å². The fourth-order valence-corrected chi connectivity index (χ4v) is 12.4. The molecule has 0 atom stereocenters. The van der Waals surface area contributed by atoms with Crippen LogP contribution in [0, 0.1) is 17.9 Å². The van der Waals surface area contributed by atoms with Crippen molar-refractivity contribution in [2.45, 2.75) is 0 Å². The number of rotatable bonds is 6. The molecule has 0 unspecified atom stereocenters. The first-order valence-corrected chi connectivity index (χ1v) is 18.0. The van der Waals surface area contributed by atoms with Crippen LogP contribution in [0.2, 0.25) is 0 Å². The van der Waals surface area contributed by atoms with Crippen molar-refractivity contribution in [1.29, 1.82) is 5.26 Å². The molecule has 1 heterocycles. The van der Waals surface area contributed by atoms with Gasteiger partial charge in [0.1, 0.15) is 6.07 Å². The Morgan fingerprint density at radius 2 is 1.06 bits per heavy atom. The molecule has 1 aromatic heterocycles. The minimum Gasteiger partial charge on any atom is -0.308 e. The predicted octanol–water partition coefficient (Wildman–Crippen LogP) is 8.25. The number of hydrogen-bond donors (Lipinski definition) is 0. The van der Waals surface area contributed by atoms with Crippen LogP contribution in [-0.4, -0.2) is 12.6 Å². The molecule has 0 radical (unpaired) electrons. The summed E-state index contributed by atoms with van der Waals surface area (Å²) in [6, 6.07) is 64.2. The molecule has 8 aromatic rings. The number of aromatic nitrogens is 1. The molecule has 3 nitrogen and oxygen atoms in total. The summed E-state index contributed by atoms with van der Waals surface area (Å²) in [5.74, 6) is 0. The maximum atomic E-state index is 11.0. The maximum absolute atomic E-state index is 11.0. The Labute approximate surface area is 281 Å². The summed E-state index contributed by atoms with van der Waals surface area (Å²) in [6.07, 6.45) is 0. The van der Waals surface area contributed by atoms with Crippen molar-refractivity contribution < 1.29 is 0 Å². The van der Waals surface area contributed by atoms with Gasteiger partial charge in [0.2, 0.25) is 0 Å². The molecule has 0 fully saturated rings. The van der Waals surface area contributed by atoms with Crippen LogP contribution in [0.1, 0.15) is 5.56 Å². The molecule has 0 bridgehead atoms. The molecule has 0 spiro atoms. The van der Waals surface area contributed by atoms with Gasteiger partial charge in [-0.1, -0.05) is 152 Å². The lowest BCUT2D eigenvalue weighted by molar-refractivity contribution is 1.17. The topological polar surface area (TPSA) is 33.1 Å². The van der Waals surface area contributed by atoms with E-state index in [1.165, 1.54) is 20.7 Å². The van der Waals surface area contributed by atoms with Gasteiger partial charge in [-0.05, 0) is 56.0 Å². The largest absolute Gasteiger partial charge is 0.308 e. The van der Waals surface area contributed by atoms with E-state index in [0.717, 1.165) is 38.6 Å². The van der Waals surface area contributed by atoms with Crippen molar-refractivity contribution in [2.24, 2.45) is 0 Å². The van der Waals surface area contributed by atoms with E-state index < -0.39 is 8.07 Å². The fraction of sp³-hybridized carbons (Fsp3) is 0. The van der Waals surface area contributed by atoms with Gasteiger partial charge < -0.3 is 4.57 Å². The molecule has 224 valence electrons. The minimum atomic E-state index is -2.89. The second kappa shape index (κ2) is 12.0. The van der Waals surface area contributed by atoms with Gasteiger partial charge in [-0.2, -0.15) is 5.26 Å². The van der Waals surface area contributed by atoms with Gasteiger partial charge in [0.15, 0.2) is 13.8 Å². The van der Waals surface area contributed by atoms with Gasteiger partial charge in [-0.25, -0.2) is 4.85 Å². The third kappa shape index (κ3) is 4.48. The van der Waals surface area contributed by atoms with Gasteiger partial charge >= 0.3 is 0 Å². The Hall–Kier alpha value is -6.46. The number of nitriles is 1. The molecule has 48 heavy (non-hydrogen) atoms. The molecule has 0 amide bonds. The van der Waals surface area contributed by atoms with E-state index in [2.05, 4.69) is 155 Å². The van der Waals surface area contributed by atoms with Crippen LogP contribution in [0.25, 0.3) is 43.5 Å². The molecule has 0 saturated heterocycles. The van der Waals surface area contributed by atoms with Crippen LogP contribution >= 0.6 is 0 Å². The quantitative estimate of drug-likeness (QED) is 0.104. The van der Waals surface area contributed by atoms with Gasteiger partial charge in [0.05, 0.1) is 28.9 Å². The highest BCUT2D eigenvalue weighted by atomic mass is 28.3. The van der Waals surface area contributed by atoms with Crippen LogP contribution in [0.15, 0.2) is 176 Å². The fourth-order valence-electron chi connectivity index (χ4n) is 7.43. The number of hydrogen-bond acceptors (Lipinski definition) is 1. The lowest BCUT2D eigenvalue weighted by atomic mass is 9.98. The second-order valence-electron chi connectivity index (χ2n) is 11.9. The van der Waals surface area contributed by atoms with Gasteiger partial charge in [0.25, 0.3) is 0 Å². The average molecular weight is 628 g/mol. The van der Waals surface area contributed by atoms with Gasteiger partial charge in [-0.15, -0.1) is 0 Å². The van der Waals surface area contributed by atoms with Crippen molar-refractivity contribution in [1.82, 2.24) is 4.57 Å². The molecule has 7 aromatic carbocycles. The van der Waals surface area contributed by atoms with Crippen LogP contribution in [0.4, 0.5) is 5.69 Å². The molecular formula is C44H29N3Si. The number of para-hydroxylation sites is 1. The summed E-state index contributed by atoms with van der Waals surface area (Å²) in [5.41, 5.74) is 5.93. The van der Waals surface area contributed by atoms with Crippen molar-refractivity contribution in [2.75, 3.05) is 0 Å². The molecule has 8 rings (SSSR count). The van der Waals surface area contributed by atoms with E-state index in [-0.39, 0.29) is 0 Å². The third-order valence-electron chi connectivity index (χ3n) is 9.42. The molecule has 4 heteroatoms. The van der Waals surface area contributed by atoms with Crippen molar-refractivity contribution >= 4 is 56.3 Å². The van der Waals surface area contributed by atoms with Crippen molar-refractivity contribution in [3.63, 3.8) is 0 Å². The molecule has 0 saturated carbocycles. The van der Waals surface area contributed by atoms with Crippen molar-refractivity contribution in [3.05, 3.63) is 193 Å². The van der Waals surface area contributed by atoms with Gasteiger partial charge in [-0.3, -0.25) is 0 Å². The highest BCUT2D eigenvalue weighted by molar-refractivity contribution is 7.20. The highest BCUT2D eigenvalue weighted by Crippen LogP contribution is 2.37. The zero-order valence-corrected chi connectivity index (χ0v) is 27.1. The first-order chi connectivity index (χ1) is 23.8.